The topological polar surface area (TPSA) is 59.1 Å². The van der Waals surface area contributed by atoms with Crippen LogP contribution >= 0.6 is 11.3 Å². The second-order valence-electron chi connectivity index (χ2n) is 5.48. The smallest absolute Gasteiger partial charge is 0.232 e. The van der Waals surface area contributed by atoms with Crippen LogP contribution in [0.4, 0.5) is 10.1 Å². The molecule has 0 aliphatic heterocycles. The molecule has 130 valence electrons. The highest BCUT2D eigenvalue weighted by Crippen LogP contribution is 2.33. The predicted octanol–water partition coefficient (Wildman–Crippen LogP) is 4.77. The minimum absolute atomic E-state index is 0.0544. The summed E-state index contributed by atoms with van der Waals surface area (Å²) in [4.78, 5) is 4.49. The van der Waals surface area contributed by atoms with Gasteiger partial charge in [0.25, 0.3) is 0 Å². The van der Waals surface area contributed by atoms with E-state index < -0.39 is 10.0 Å². The van der Waals surface area contributed by atoms with Crippen LogP contribution < -0.4 is 4.72 Å². The molecule has 0 spiro atoms. The van der Waals surface area contributed by atoms with Gasteiger partial charge in [0, 0.05) is 16.5 Å². The van der Waals surface area contributed by atoms with E-state index in [2.05, 4.69) is 9.71 Å². The maximum atomic E-state index is 13.9. The van der Waals surface area contributed by atoms with Gasteiger partial charge in [-0.3, -0.25) is 4.72 Å². The van der Waals surface area contributed by atoms with Crippen LogP contribution in [-0.4, -0.2) is 19.2 Å². The number of rotatable bonds is 6. The Kier molecular flexibility index (Phi) is 5.15. The summed E-state index contributed by atoms with van der Waals surface area (Å²) < 4.78 is 40.7. The summed E-state index contributed by atoms with van der Waals surface area (Å²) in [6.07, 6.45) is 0.533. The van der Waals surface area contributed by atoms with Crippen molar-refractivity contribution < 1.29 is 12.8 Å². The van der Waals surface area contributed by atoms with Gasteiger partial charge in [0.1, 0.15) is 10.8 Å². The number of thiazole rings is 1. The molecular weight excluding hydrogens is 359 g/mol. The van der Waals surface area contributed by atoms with Crippen molar-refractivity contribution in [1.29, 1.82) is 0 Å². The van der Waals surface area contributed by atoms with Crippen molar-refractivity contribution in [2.24, 2.45) is 0 Å². The van der Waals surface area contributed by atoms with Gasteiger partial charge in [0.15, 0.2) is 0 Å². The van der Waals surface area contributed by atoms with E-state index in [-0.39, 0.29) is 11.6 Å². The predicted molar refractivity (Wildman–Crippen MR) is 101 cm³/mol. The number of benzene rings is 2. The summed E-state index contributed by atoms with van der Waals surface area (Å²) in [6.45, 7) is 1.81. The molecule has 3 rings (SSSR count). The van der Waals surface area contributed by atoms with Gasteiger partial charge in [-0.2, -0.15) is 0 Å². The number of nitrogens with zero attached hydrogens (tertiary/aromatic N) is 1. The molecule has 3 aromatic rings. The molecular formula is C18H17FN2O2S2. The summed E-state index contributed by atoms with van der Waals surface area (Å²) in [5.74, 6) is -0.279. The SMILES string of the molecule is CCCS(=O)(=O)Nc1ccccc1-c1csc(-c2ccccc2F)n1. The van der Waals surface area contributed by atoms with E-state index >= 15 is 0 Å². The lowest BCUT2D eigenvalue weighted by Crippen LogP contribution is -2.16. The maximum Gasteiger partial charge on any atom is 0.232 e. The first-order valence-corrected chi connectivity index (χ1v) is 10.3. The molecule has 2 aromatic carbocycles. The number of anilines is 1. The van der Waals surface area contributed by atoms with Gasteiger partial charge >= 0.3 is 0 Å². The van der Waals surface area contributed by atoms with Crippen LogP contribution in [0, 0.1) is 5.82 Å². The fraction of sp³-hybridized carbons (Fsp3) is 0.167. The highest BCUT2D eigenvalue weighted by atomic mass is 32.2. The molecule has 0 bridgehead atoms. The number of nitrogens with one attached hydrogen (secondary N) is 1. The molecule has 0 aliphatic carbocycles. The van der Waals surface area contributed by atoms with Crippen LogP contribution in [0.5, 0.6) is 0 Å². The highest BCUT2D eigenvalue weighted by molar-refractivity contribution is 7.92. The van der Waals surface area contributed by atoms with Gasteiger partial charge in [-0.05, 0) is 24.6 Å². The fourth-order valence-electron chi connectivity index (χ4n) is 2.44. The zero-order valence-corrected chi connectivity index (χ0v) is 15.2. The minimum atomic E-state index is -3.40. The lowest BCUT2D eigenvalue weighted by Gasteiger charge is -2.10. The molecule has 0 amide bonds. The number of halogens is 1. The lowest BCUT2D eigenvalue weighted by atomic mass is 10.1. The Balaban J connectivity index is 1.98. The third-order valence-electron chi connectivity index (χ3n) is 3.55. The fourth-order valence-corrected chi connectivity index (χ4v) is 4.44. The highest BCUT2D eigenvalue weighted by Gasteiger charge is 2.15. The summed E-state index contributed by atoms with van der Waals surface area (Å²) >= 11 is 1.32. The van der Waals surface area contributed by atoms with Crippen molar-refractivity contribution in [3.63, 3.8) is 0 Å². The third kappa shape index (κ3) is 4.05. The van der Waals surface area contributed by atoms with Gasteiger partial charge in [0.05, 0.1) is 17.1 Å². The van der Waals surface area contributed by atoms with Crippen molar-refractivity contribution in [3.8, 4) is 21.8 Å². The average molecular weight is 376 g/mol. The molecule has 7 heteroatoms. The van der Waals surface area contributed by atoms with Crippen LogP contribution in [0.15, 0.2) is 53.9 Å². The van der Waals surface area contributed by atoms with E-state index in [4.69, 9.17) is 0 Å². The van der Waals surface area contributed by atoms with Crippen molar-refractivity contribution >= 4 is 27.0 Å². The van der Waals surface area contributed by atoms with E-state index in [1.54, 1.807) is 41.8 Å². The minimum Gasteiger partial charge on any atom is -0.283 e. The number of para-hydroxylation sites is 1. The summed E-state index contributed by atoms with van der Waals surface area (Å²) in [5, 5.41) is 2.36. The van der Waals surface area contributed by atoms with Crippen LogP contribution in [0.3, 0.4) is 0 Å². The number of hydrogen-bond acceptors (Lipinski definition) is 4. The molecule has 25 heavy (non-hydrogen) atoms. The summed E-state index contributed by atoms with van der Waals surface area (Å²) in [6, 6.07) is 13.5. The van der Waals surface area contributed by atoms with E-state index in [9.17, 15) is 12.8 Å². The summed E-state index contributed by atoms with van der Waals surface area (Å²) in [7, 11) is -3.40. The Bertz CT molecular complexity index is 984. The molecule has 1 aromatic heterocycles. The molecule has 0 unspecified atom stereocenters. The first-order chi connectivity index (χ1) is 12.0. The molecule has 0 atom stereocenters. The number of aromatic nitrogens is 1. The quantitative estimate of drug-likeness (QED) is 0.674. The zero-order chi connectivity index (χ0) is 17.9. The lowest BCUT2D eigenvalue weighted by molar-refractivity contribution is 0.600. The Morgan fingerprint density at radius 3 is 2.48 bits per heavy atom. The van der Waals surface area contributed by atoms with Crippen LogP contribution in [0.1, 0.15) is 13.3 Å². The molecule has 0 aliphatic rings. The standard InChI is InChI=1S/C18H17FN2O2S2/c1-2-11-25(22,23)21-16-10-6-4-8-14(16)17-12-24-18(20-17)13-7-3-5-9-15(13)19/h3-10,12,21H,2,11H2,1H3. The Morgan fingerprint density at radius 1 is 1.08 bits per heavy atom. The third-order valence-corrected chi connectivity index (χ3v) is 5.90. The van der Waals surface area contributed by atoms with E-state index in [1.807, 2.05) is 13.0 Å². The monoisotopic (exact) mass is 376 g/mol. The zero-order valence-electron chi connectivity index (χ0n) is 13.6. The van der Waals surface area contributed by atoms with E-state index in [0.29, 0.717) is 33.9 Å². The Hall–Kier alpha value is -2.25. The summed E-state index contributed by atoms with van der Waals surface area (Å²) in [5.41, 5.74) is 2.18. The van der Waals surface area contributed by atoms with Crippen LogP contribution in [0.2, 0.25) is 0 Å². The van der Waals surface area contributed by atoms with Crippen LogP contribution in [-0.2, 0) is 10.0 Å². The normalized spacial score (nSPS) is 11.4. The molecule has 0 radical (unpaired) electrons. The van der Waals surface area contributed by atoms with Gasteiger partial charge in [-0.1, -0.05) is 37.3 Å². The van der Waals surface area contributed by atoms with E-state index in [0.717, 1.165) is 0 Å². The van der Waals surface area contributed by atoms with Gasteiger partial charge in [-0.15, -0.1) is 11.3 Å². The van der Waals surface area contributed by atoms with Crippen molar-refractivity contribution in [3.05, 3.63) is 59.7 Å². The first-order valence-electron chi connectivity index (χ1n) is 7.80. The molecule has 1 heterocycles. The van der Waals surface area contributed by atoms with Gasteiger partial charge < -0.3 is 0 Å². The van der Waals surface area contributed by atoms with Crippen molar-refractivity contribution in [2.75, 3.05) is 10.5 Å². The number of sulfonamides is 1. The van der Waals surface area contributed by atoms with Crippen molar-refractivity contribution in [1.82, 2.24) is 4.98 Å². The molecule has 0 saturated heterocycles. The second-order valence-corrected chi connectivity index (χ2v) is 8.18. The molecule has 4 nitrogen and oxygen atoms in total. The van der Waals surface area contributed by atoms with Gasteiger partial charge in [-0.25, -0.2) is 17.8 Å². The largest absolute Gasteiger partial charge is 0.283 e. The van der Waals surface area contributed by atoms with E-state index in [1.165, 1.54) is 17.4 Å². The van der Waals surface area contributed by atoms with Gasteiger partial charge in [0.2, 0.25) is 10.0 Å². The van der Waals surface area contributed by atoms with Crippen molar-refractivity contribution in [2.45, 2.75) is 13.3 Å². The average Bonchev–Trinajstić information content (AvgIpc) is 3.05. The Labute approximate surface area is 150 Å². The molecule has 1 N–H and O–H groups in total. The first kappa shape index (κ1) is 17.6. The Morgan fingerprint density at radius 2 is 1.76 bits per heavy atom. The molecule has 0 fully saturated rings. The number of hydrogen-bond donors (Lipinski definition) is 1. The maximum absolute atomic E-state index is 13.9. The van der Waals surface area contributed by atoms with Crippen LogP contribution in [0.25, 0.3) is 21.8 Å². The molecule has 0 saturated carbocycles. The second kappa shape index (κ2) is 7.33.